The second-order valence-corrected chi connectivity index (χ2v) is 12.9. The normalized spacial score (nSPS) is 10.8. The first-order valence-electron chi connectivity index (χ1n) is 13.6. The summed E-state index contributed by atoms with van der Waals surface area (Å²) in [5.41, 5.74) is 0. The van der Waals surface area contributed by atoms with E-state index in [4.69, 9.17) is 0 Å². The van der Waals surface area contributed by atoms with Gasteiger partial charge in [-0.2, -0.15) is 12.1 Å². The predicted octanol–water partition coefficient (Wildman–Crippen LogP) is 8.79. The molecule has 0 unspecified atom stereocenters. The molecule has 0 radical (unpaired) electrons. The predicted molar refractivity (Wildman–Crippen MR) is 159 cm³/mol. The van der Waals surface area contributed by atoms with Crippen LogP contribution in [0.1, 0.15) is 83.1 Å². The van der Waals surface area contributed by atoms with Crippen molar-refractivity contribution < 1.29 is 34.4 Å². The van der Waals surface area contributed by atoms with Crippen molar-refractivity contribution in [3.8, 4) is 0 Å². The Kier molecular flexibility index (Phi) is 35.7. The van der Waals surface area contributed by atoms with Gasteiger partial charge >= 0.3 is 35.7 Å². The molecule has 212 valence electrons. The molecule has 0 saturated heterocycles. The Morgan fingerprint density at radius 2 is 0.694 bits per heavy atom. The minimum absolute atomic E-state index is 0. The summed E-state index contributed by atoms with van der Waals surface area (Å²) in [6, 6.07) is 6.21. The Hall–Kier alpha value is 0.190. The molecule has 0 aliphatic heterocycles. The third-order valence-corrected chi connectivity index (χ3v) is 4.79. The van der Waals surface area contributed by atoms with Crippen LogP contribution in [0.3, 0.4) is 0 Å². The SMILES string of the molecule is CC(C)C[N-]CC(C)C.CC(C)C[N-]CC(C)C.CC(C)C[N-]CC(C)C.F[SiH](F)[c-]1cccc1.[Zr+4]. The molecule has 0 N–H and O–H groups in total. The molecule has 0 aliphatic rings. The molecule has 0 spiro atoms. The molecule has 0 bridgehead atoms. The largest absolute Gasteiger partial charge is 4.00 e. The summed E-state index contributed by atoms with van der Waals surface area (Å²) in [6.07, 6.45) is 0. The van der Waals surface area contributed by atoms with Gasteiger partial charge in [-0.3, -0.25) is 8.22 Å². The van der Waals surface area contributed by atoms with Crippen molar-refractivity contribution in [2.45, 2.75) is 83.1 Å². The minimum Gasteiger partial charge on any atom is -0.662 e. The van der Waals surface area contributed by atoms with Gasteiger partial charge in [0.1, 0.15) is 0 Å². The summed E-state index contributed by atoms with van der Waals surface area (Å²) < 4.78 is 23.5. The van der Waals surface area contributed by atoms with Crippen LogP contribution >= 0.6 is 0 Å². The van der Waals surface area contributed by atoms with Crippen LogP contribution in [0.15, 0.2) is 24.3 Å². The summed E-state index contributed by atoms with van der Waals surface area (Å²) >= 11 is 0. The second kappa shape index (κ2) is 29.7. The van der Waals surface area contributed by atoms with Gasteiger partial charge in [-0.15, -0.1) is 44.5 Å². The summed E-state index contributed by atoms with van der Waals surface area (Å²) in [6.45, 7) is 32.5. The third-order valence-electron chi connectivity index (χ3n) is 3.91. The maximum Gasteiger partial charge on any atom is 4.00 e. The van der Waals surface area contributed by atoms with Crippen molar-refractivity contribution in [3.63, 3.8) is 0 Å². The first kappa shape index (κ1) is 43.2. The second-order valence-electron chi connectivity index (χ2n) is 11.6. The molecule has 0 amide bonds. The van der Waals surface area contributed by atoms with Gasteiger partial charge in [0.05, 0.1) is 0 Å². The zero-order valence-corrected chi connectivity index (χ0v) is 29.3. The topological polar surface area (TPSA) is 42.3 Å². The van der Waals surface area contributed by atoms with Gasteiger partial charge in [0.25, 0.3) is 0 Å². The Bertz CT molecular complexity index is 442. The zero-order valence-electron chi connectivity index (χ0n) is 25.7. The van der Waals surface area contributed by atoms with Crippen LogP contribution in [0.25, 0.3) is 16.0 Å². The van der Waals surface area contributed by atoms with Gasteiger partial charge in [-0.25, -0.2) is 12.1 Å². The molecular formula is C29H59F2N3SiZr. The van der Waals surface area contributed by atoms with E-state index in [1.807, 2.05) is 0 Å². The van der Waals surface area contributed by atoms with Crippen molar-refractivity contribution in [1.82, 2.24) is 0 Å². The van der Waals surface area contributed by atoms with Gasteiger partial charge < -0.3 is 16.0 Å². The summed E-state index contributed by atoms with van der Waals surface area (Å²) in [5, 5.41) is 13.4. The first-order chi connectivity index (χ1) is 16.2. The molecule has 0 aromatic heterocycles. The fourth-order valence-electron chi connectivity index (χ4n) is 2.31. The number of rotatable bonds is 13. The van der Waals surface area contributed by atoms with Gasteiger partial charge in [0, 0.05) is 0 Å². The molecular weight excluding hydrogens is 548 g/mol. The fourth-order valence-corrected chi connectivity index (χ4v) is 2.82. The van der Waals surface area contributed by atoms with Crippen molar-refractivity contribution >= 4 is 14.7 Å². The average molecular weight is 607 g/mol. The van der Waals surface area contributed by atoms with Gasteiger partial charge in [-0.05, 0) is 0 Å². The number of hydrogen-bond acceptors (Lipinski definition) is 0. The van der Waals surface area contributed by atoms with E-state index in [0.717, 1.165) is 74.8 Å². The summed E-state index contributed by atoms with van der Waals surface area (Å²) in [7, 11) is -3.48. The van der Waals surface area contributed by atoms with E-state index in [2.05, 4.69) is 99.0 Å². The van der Waals surface area contributed by atoms with E-state index < -0.39 is 9.46 Å². The van der Waals surface area contributed by atoms with Crippen LogP contribution in [-0.2, 0) is 26.2 Å². The Morgan fingerprint density at radius 3 is 0.806 bits per heavy atom. The van der Waals surface area contributed by atoms with Gasteiger partial charge in [0.2, 0.25) is 0 Å². The molecule has 0 saturated carbocycles. The van der Waals surface area contributed by atoms with Crippen LogP contribution in [-0.4, -0.2) is 48.7 Å². The van der Waals surface area contributed by atoms with Crippen LogP contribution < -0.4 is 5.19 Å². The van der Waals surface area contributed by atoms with E-state index >= 15 is 0 Å². The molecule has 36 heavy (non-hydrogen) atoms. The Balaban J connectivity index is -0.000000188. The third kappa shape index (κ3) is 44.2. The summed E-state index contributed by atoms with van der Waals surface area (Å²) in [4.78, 5) is 0. The van der Waals surface area contributed by atoms with Crippen molar-refractivity contribution in [3.05, 3.63) is 40.2 Å². The van der Waals surface area contributed by atoms with E-state index in [0.29, 0.717) is 0 Å². The van der Waals surface area contributed by atoms with Gasteiger partial charge in [-0.1, -0.05) is 119 Å². The van der Waals surface area contributed by atoms with Crippen LogP contribution in [0.2, 0.25) is 0 Å². The molecule has 3 nitrogen and oxygen atoms in total. The van der Waals surface area contributed by atoms with Gasteiger partial charge in [0.15, 0.2) is 0 Å². The molecule has 0 fully saturated rings. The average Bonchev–Trinajstić information content (AvgIpc) is 3.23. The number of nitrogens with zero attached hydrogens (tertiary/aromatic N) is 3. The first-order valence-corrected chi connectivity index (χ1v) is 15.0. The van der Waals surface area contributed by atoms with E-state index in [-0.39, 0.29) is 31.4 Å². The van der Waals surface area contributed by atoms with Crippen LogP contribution in [0, 0.1) is 35.5 Å². The smallest absolute Gasteiger partial charge is 0.662 e. The van der Waals surface area contributed by atoms with Crippen molar-refractivity contribution in [2.24, 2.45) is 35.5 Å². The maximum absolute atomic E-state index is 11.7. The summed E-state index contributed by atoms with van der Waals surface area (Å²) in [5.74, 6) is 4.35. The Labute approximate surface area is 246 Å². The van der Waals surface area contributed by atoms with Crippen molar-refractivity contribution in [2.75, 3.05) is 39.3 Å². The fraction of sp³-hybridized carbons (Fsp3) is 0.828. The quantitative estimate of drug-likeness (QED) is 0.122. The molecule has 0 heterocycles. The molecule has 1 aromatic rings. The van der Waals surface area contributed by atoms with Crippen molar-refractivity contribution in [1.29, 1.82) is 0 Å². The molecule has 1 aromatic carbocycles. The maximum atomic E-state index is 11.7. The van der Waals surface area contributed by atoms with E-state index in [9.17, 15) is 8.22 Å². The minimum atomic E-state index is -3.48. The Morgan fingerprint density at radius 1 is 0.500 bits per heavy atom. The van der Waals surface area contributed by atoms with Crippen LogP contribution in [0.4, 0.5) is 8.22 Å². The number of halogens is 2. The zero-order chi connectivity index (χ0) is 27.8. The molecule has 1 rings (SSSR count). The monoisotopic (exact) mass is 605 g/mol. The van der Waals surface area contributed by atoms with Crippen LogP contribution in [0.5, 0.6) is 0 Å². The molecule has 0 atom stereocenters. The standard InChI is InChI=1S/3C8H18N.C5H5F2Si.Zr/c3*1-7(2)5-9-6-8(3)4;6-8(7)5-3-1-2-4-5;/h3*7-8H,5-6H2,1-4H3;1-4,8H;/q4*-1;+4. The number of hydrogen-bond donors (Lipinski definition) is 0. The molecule has 7 heteroatoms. The van der Waals surface area contributed by atoms with E-state index in [1.54, 1.807) is 12.1 Å². The van der Waals surface area contributed by atoms with E-state index in [1.165, 1.54) is 12.1 Å². The molecule has 0 aliphatic carbocycles.